The fraction of sp³-hybridized carbons (Fsp3) is 0.250. The van der Waals surface area contributed by atoms with Gasteiger partial charge < -0.3 is 9.47 Å². The van der Waals surface area contributed by atoms with Crippen molar-refractivity contribution in [2.75, 3.05) is 14.2 Å². The van der Waals surface area contributed by atoms with E-state index in [1.54, 1.807) is 0 Å². The van der Waals surface area contributed by atoms with Gasteiger partial charge in [-0.05, 0) is 6.07 Å². The molecule has 0 bridgehead atoms. The Labute approximate surface area is 89.7 Å². The molecule has 0 spiro atoms. The molecule has 86 valence electrons. The molecule has 1 aromatic carbocycles. The van der Waals surface area contributed by atoms with Crippen molar-refractivity contribution in [3.8, 4) is 11.5 Å². The summed E-state index contributed by atoms with van der Waals surface area (Å²) in [5.74, 6) is -0.193. The molecule has 0 radical (unpaired) electrons. The second-order valence-electron chi connectivity index (χ2n) is 2.68. The quantitative estimate of drug-likeness (QED) is 0.571. The van der Waals surface area contributed by atoms with Gasteiger partial charge in [0.2, 0.25) is 5.75 Å². The lowest BCUT2D eigenvalue weighted by atomic mass is 10.2. The summed E-state index contributed by atoms with van der Waals surface area (Å²) >= 11 is 0. The van der Waals surface area contributed by atoms with Gasteiger partial charge in [0, 0.05) is 6.07 Å². The molecule has 1 rings (SSSR count). The summed E-state index contributed by atoms with van der Waals surface area (Å²) in [5, 5.41) is 21.3. The molecule has 0 saturated carbocycles. The Balaban J connectivity index is 3.56. The van der Waals surface area contributed by atoms with Crippen molar-refractivity contribution >= 4 is 11.4 Å². The predicted molar refractivity (Wildman–Crippen MR) is 52.9 cm³/mol. The minimum Gasteiger partial charge on any atom is -0.493 e. The van der Waals surface area contributed by atoms with Crippen LogP contribution in [0.3, 0.4) is 0 Å². The molecule has 0 heterocycles. The van der Waals surface area contributed by atoms with Crippen LogP contribution in [0.15, 0.2) is 12.1 Å². The zero-order valence-electron chi connectivity index (χ0n) is 8.50. The Morgan fingerprint density at radius 3 is 2.06 bits per heavy atom. The summed E-state index contributed by atoms with van der Waals surface area (Å²) in [6.45, 7) is 0. The van der Waals surface area contributed by atoms with E-state index in [1.807, 2.05) is 0 Å². The number of ether oxygens (including phenoxy) is 2. The number of hydrogen-bond acceptors (Lipinski definition) is 6. The molecule has 0 aromatic heterocycles. The van der Waals surface area contributed by atoms with Gasteiger partial charge in [-0.2, -0.15) is 0 Å². The van der Waals surface area contributed by atoms with E-state index < -0.39 is 21.2 Å². The second kappa shape index (κ2) is 4.43. The van der Waals surface area contributed by atoms with Crippen LogP contribution in [0.5, 0.6) is 11.5 Å². The van der Waals surface area contributed by atoms with Crippen LogP contribution in [0.4, 0.5) is 11.4 Å². The summed E-state index contributed by atoms with van der Waals surface area (Å²) in [5.41, 5.74) is -1.35. The maximum atomic E-state index is 10.7. The van der Waals surface area contributed by atoms with Crippen molar-refractivity contribution in [3.63, 3.8) is 0 Å². The van der Waals surface area contributed by atoms with E-state index in [4.69, 9.17) is 9.47 Å². The monoisotopic (exact) mass is 228 g/mol. The Bertz CT molecular complexity index is 444. The number of hydrogen-bond donors (Lipinski definition) is 0. The highest BCUT2D eigenvalue weighted by atomic mass is 16.6. The summed E-state index contributed by atoms with van der Waals surface area (Å²) < 4.78 is 9.56. The van der Waals surface area contributed by atoms with Crippen LogP contribution >= 0.6 is 0 Å². The molecule has 0 fully saturated rings. The van der Waals surface area contributed by atoms with Crippen LogP contribution in [0, 0.1) is 20.2 Å². The molecule has 0 atom stereocenters. The van der Waals surface area contributed by atoms with Crippen molar-refractivity contribution in [2.45, 2.75) is 0 Å². The van der Waals surface area contributed by atoms with Gasteiger partial charge in [-0.25, -0.2) is 0 Å². The van der Waals surface area contributed by atoms with E-state index in [-0.39, 0.29) is 11.5 Å². The smallest absolute Gasteiger partial charge is 0.391 e. The number of rotatable bonds is 4. The highest BCUT2D eigenvalue weighted by Gasteiger charge is 2.32. The Morgan fingerprint density at radius 1 is 1.06 bits per heavy atom. The third kappa shape index (κ3) is 1.85. The number of methoxy groups -OCH3 is 2. The SMILES string of the molecule is COc1ccc([N+](=O)[O-])c([N+](=O)[O-])c1OC. The Hall–Kier alpha value is -2.38. The van der Waals surface area contributed by atoms with E-state index in [0.717, 1.165) is 6.07 Å². The first-order valence-corrected chi connectivity index (χ1v) is 4.06. The fourth-order valence-corrected chi connectivity index (χ4v) is 1.22. The Kier molecular flexibility index (Phi) is 3.24. The van der Waals surface area contributed by atoms with Crippen LogP contribution in [-0.2, 0) is 0 Å². The lowest BCUT2D eigenvalue weighted by molar-refractivity contribution is -0.423. The molecule has 0 saturated heterocycles. The van der Waals surface area contributed by atoms with Crippen LogP contribution in [0.1, 0.15) is 0 Å². The molecule has 0 amide bonds. The minimum absolute atomic E-state index is 0.0693. The van der Waals surface area contributed by atoms with Gasteiger partial charge in [0.05, 0.1) is 24.1 Å². The van der Waals surface area contributed by atoms with E-state index in [9.17, 15) is 20.2 Å². The van der Waals surface area contributed by atoms with E-state index in [0.29, 0.717) is 0 Å². The number of benzene rings is 1. The first-order valence-electron chi connectivity index (χ1n) is 4.06. The van der Waals surface area contributed by atoms with Crippen molar-refractivity contribution in [1.82, 2.24) is 0 Å². The van der Waals surface area contributed by atoms with Crippen LogP contribution < -0.4 is 9.47 Å². The minimum atomic E-state index is -0.876. The largest absolute Gasteiger partial charge is 0.493 e. The summed E-state index contributed by atoms with van der Waals surface area (Å²) in [6, 6.07) is 2.24. The van der Waals surface area contributed by atoms with Crippen LogP contribution in [0.2, 0.25) is 0 Å². The molecule has 1 aromatic rings. The number of nitro benzene ring substituents is 2. The summed E-state index contributed by atoms with van der Waals surface area (Å²) in [4.78, 5) is 19.6. The topological polar surface area (TPSA) is 105 Å². The van der Waals surface area contributed by atoms with E-state index >= 15 is 0 Å². The third-order valence-electron chi connectivity index (χ3n) is 1.88. The highest BCUT2D eigenvalue weighted by Crippen LogP contribution is 2.42. The van der Waals surface area contributed by atoms with Crippen LogP contribution in [-0.4, -0.2) is 24.1 Å². The molecule has 8 heteroatoms. The number of nitro groups is 2. The number of nitrogens with zero attached hydrogens (tertiary/aromatic N) is 2. The normalized spacial score (nSPS) is 9.62. The Morgan fingerprint density at radius 2 is 1.69 bits per heavy atom. The predicted octanol–water partition coefficient (Wildman–Crippen LogP) is 1.52. The zero-order chi connectivity index (χ0) is 12.3. The molecule has 0 N–H and O–H groups in total. The van der Waals surface area contributed by atoms with E-state index in [2.05, 4.69) is 0 Å². The molecule has 16 heavy (non-hydrogen) atoms. The molecule has 0 unspecified atom stereocenters. The first kappa shape index (κ1) is 11.7. The van der Waals surface area contributed by atoms with Crippen molar-refractivity contribution < 1.29 is 19.3 Å². The van der Waals surface area contributed by atoms with Crippen molar-refractivity contribution in [3.05, 3.63) is 32.4 Å². The molecular weight excluding hydrogens is 220 g/mol. The van der Waals surface area contributed by atoms with E-state index in [1.165, 1.54) is 20.3 Å². The summed E-state index contributed by atoms with van der Waals surface area (Å²) in [7, 11) is 2.46. The fourth-order valence-electron chi connectivity index (χ4n) is 1.22. The first-order chi connectivity index (χ1) is 7.52. The average molecular weight is 228 g/mol. The summed E-state index contributed by atoms with van der Waals surface area (Å²) in [6.07, 6.45) is 0. The molecule has 0 aliphatic rings. The van der Waals surface area contributed by atoms with Gasteiger partial charge in [-0.15, -0.1) is 0 Å². The molecule has 8 nitrogen and oxygen atoms in total. The lowest BCUT2D eigenvalue weighted by Gasteiger charge is -2.07. The lowest BCUT2D eigenvalue weighted by Crippen LogP contribution is -2.01. The standard InChI is InChI=1S/C8H8N2O6/c1-15-6-4-3-5(9(11)12)7(10(13)14)8(6)16-2/h3-4H,1-2H3. The van der Waals surface area contributed by atoms with Gasteiger partial charge in [0.25, 0.3) is 0 Å². The van der Waals surface area contributed by atoms with Gasteiger partial charge in [-0.3, -0.25) is 20.2 Å². The zero-order valence-corrected chi connectivity index (χ0v) is 8.50. The average Bonchev–Trinajstić information content (AvgIpc) is 2.26. The van der Waals surface area contributed by atoms with Crippen LogP contribution in [0.25, 0.3) is 0 Å². The van der Waals surface area contributed by atoms with Crippen molar-refractivity contribution in [2.24, 2.45) is 0 Å². The van der Waals surface area contributed by atoms with Gasteiger partial charge in [0.15, 0.2) is 5.75 Å². The van der Waals surface area contributed by atoms with Gasteiger partial charge in [-0.1, -0.05) is 0 Å². The third-order valence-corrected chi connectivity index (χ3v) is 1.88. The molecule has 0 aliphatic heterocycles. The molecular formula is C8H8N2O6. The van der Waals surface area contributed by atoms with Gasteiger partial charge in [0.1, 0.15) is 0 Å². The highest BCUT2D eigenvalue weighted by molar-refractivity contribution is 5.67. The maximum absolute atomic E-state index is 10.7. The maximum Gasteiger partial charge on any atom is 0.391 e. The van der Waals surface area contributed by atoms with Gasteiger partial charge >= 0.3 is 11.4 Å². The molecule has 0 aliphatic carbocycles. The van der Waals surface area contributed by atoms with Crippen molar-refractivity contribution in [1.29, 1.82) is 0 Å². The second-order valence-corrected chi connectivity index (χ2v) is 2.68.